The van der Waals surface area contributed by atoms with Crippen LogP contribution in [-0.4, -0.2) is 49.7 Å². The van der Waals surface area contributed by atoms with Gasteiger partial charge in [0.1, 0.15) is 5.84 Å². The molecule has 5 N–H and O–H groups in total. The van der Waals surface area contributed by atoms with Crippen molar-refractivity contribution in [3.05, 3.63) is 42.1 Å². The molecule has 0 aliphatic carbocycles. The highest BCUT2D eigenvalue weighted by atomic mass is 15.3. The zero-order valence-corrected chi connectivity index (χ0v) is 13.0. The third kappa shape index (κ3) is 3.40. The fraction of sp³-hybridized carbons (Fsp3) is 0.438. The number of hydrogen-bond donors (Lipinski definition) is 3. The molecule has 0 aromatic heterocycles. The number of piperazine rings is 1. The molecule has 2 aliphatic rings. The summed E-state index contributed by atoms with van der Waals surface area (Å²) in [5.74, 6) is -0.399. The van der Waals surface area contributed by atoms with Crippen molar-refractivity contribution >= 4 is 11.5 Å². The van der Waals surface area contributed by atoms with Gasteiger partial charge in [0.15, 0.2) is 5.79 Å². The van der Waals surface area contributed by atoms with Gasteiger partial charge in [-0.05, 0) is 30.8 Å². The summed E-state index contributed by atoms with van der Waals surface area (Å²) in [6.07, 6.45) is 4.06. The van der Waals surface area contributed by atoms with Gasteiger partial charge in [0.25, 0.3) is 0 Å². The van der Waals surface area contributed by atoms with E-state index in [0.29, 0.717) is 12.3 Å². The summed E-state index contributed by atoms with van der Waals surface area (Å²) in [7, 11) is 2.17. The summed E-state index contributed by atoms with van der Waals surface area (Å²) in [6, 6.07) is 8.56. The number of likely N-dealkylation sites (N-methyl/N-ethyl adjacent to an activating group) is 1. The number of anilines is 1. The molecule has 3 rings (SSSR count). The summed E-state index contributed by atoms with van der Waals surface area (Å²) in [5, 5.41) is 3.07. The predicted octanol–water partition coefficient (Wildman–Crippen LogP) is 0.0675. The van der Waals surface area contributed by atoms with E-state index in [1.807, 2.05) is 0 Å². The van der Waals surface area contributed by atoms with E-state index >= 15 is 0 Å². The van der Waals surface area contributed by atoms with Gasteiger partial charge in [-0.1, -0.05) is 12.1 Å². The topological polar surface area (TPSA) is 82.9 Å². The van der Waals surface area contributed by atoms with Crippen molar-refractivity contribution in [1.29, 1.82) is 0 Å². The zero-order valence-electron chi connectivity index (χ0n) is 13.0. The summed E-state index contributed by atoms with van der Waals surface area (Å²) >= 11 is 0. The van der Waals surface area contributed by atoms with Crippen molar-refractivity contribution < 1.29 is 0 Å². The Morgan fingerprint density at radius 1 is 1.18 bits per heavy atom. The number of nitrogens with one attached hydrogen (secondary N) is 1. The highest BCUT2D eigenvalue weighted by Gasteiger charge is 2.25. The van der Waals surface area contributed by atoms with Gasteiger partial charge < -0.3 is 20.9 Å². The molecule has 0 spiro atoms. The zero-order chi connectivity index (χ0) is 15.6. The maximum Gasteiger partial charge on any atom is 0.188 e. The van der Waals surface area contributed by atoms with Gasteiger partial charge >= 0.3 is 0 Å². The smallest absolute Gasteiger partial charge is 0.188 e. The van der Waals surface area contributed by atoms with Crippen molar-refractivity contribution in [2.45, 2.75) is 12.2 Å². The standard InChI is InChI=1S/C16H24N6/c1-21-8-10-22(11-9-21)14-4-2-13(3-5-14)12-16(18)19-7-6-15(17)20-16/h2-7,19H,8-12,18H2,1H3,(H2,17,20). The second-order valence-corrected chi connectivity index (χ2v) is 6.07. The van der Waals surface area contributed by atoms with Crippen LogP contribution in [0.3, 0.4) is 0 Å². The number of aliphatic imine (C=N–C) groups is 1. The number of amidine groups is 1. The average molecular weight is 300 g/mol. The van der Waals surface area contributed by atoms with E-state index in [4.69, 9.17) is 11.5 Å². The van der Waals surface area contributed by atoms with Crippen LogP contribution in [0.25, 0.3) is 0 Å². The molecule has 0 amide bonds. The lowest BCUT2D eigenvalue weighted by Crippen LogP contribution is -2.54. The summed E-state index contributed by atoms with van der Waals surface area (Å²) in [4.78, 5) is 9.06. The Hall–Kier alpha value is -2.05. The lowest BCUT2D eigenvalue weighted by molar-refractivity contribution is 0.313. The molecule has 2 aliphatic heterocycles. The maximum atomic E-state index is 6.23. The first-order valence-electron chi connectivity index (χ1n) is 7.65. The van der Waals surface area contributed by atoms with Gasteiger partial charge in [-0.2, -0.15) is 0 Å². The minimum Gasteiger partial charge on any atom is -0.384 e. The fourth-order valence-corrected chi connectivity index (χ4v) is 2.86. The van der Waals surface area contributed by atoms with Gasteiger partial charge in [-0.3, -0.25) is 5.73 Å². The second-order valence-electron chi connectivity index (χ2n) is 6.07. The number of hydrogen-bond acceptors (Lipinski definition) is 6. The molecule has 1 saturated heterocycles. The van der Waals surface area contributed by atoms with Crippen LogP contribution in [0.5, 0.6) is 0 Å². The van der Waals surface area contributed by atoms with Gasteiger partial charge in [0, 0.05) is 44.5 Å². The van der Waals surface area contributed by atoms with Crippen molar-refractivity contribution in [2.24, 2.45) is 16.5 Å². The predicted molar refractivity (Wildman–Crippen MR) is 90.7 cm³/mol. The van der Waals surface area contributed by atoms with E-state index in [2.05, 4.69) is 51.4 Å². The molecule has 0 bridgehead atoms. The Labute approximate surface area is 131 Å². The number of nitrogens with zero attached hydrogens (tertiary/aromatic N) is 3. The van der Waals surface area contributed by atoms with Crippen molar-refractivity contribution in [3.63, 3.8) is 0 Å². The first-order valence-corrected chi connectivity index (χ1v) is 7.65. The maximum absolute atomic E-state index is 6.23. The molecule has 1 fully saturated rings. The Balaban J connectivity index is 1.66. The van der Waals surface area contributed by atoms with E-state index in [1.54, 1.807) is 12.3 Å². The Morgan fingerprint density at radius 2 is 1.86 bits per heavy atom. The molecular weight excluding hydrogens is 276 g/mol. The Kier molecular flexibility index (Phi) is 4.04. The lowest BCUT2D eigenvalue weighted by Gasteiger charge is -2.34. The summed E-state index contributed by atoms with van der Waals surface area (Å²) in [6.45, 7) is 4.36. The minimum atomic E-state index is -0.853. The lowest BCUT2D eigenvalue weighted by atomic mass is 10.1. The van der Waals surface area contributed by atoms with Crippen LogP contribution in [-0.2, 0) is 6.42 Å². The van der Waals surface area contributed by atoms with Gasteiger partial charge in [0.05, 0.1) is 0 Å². The van der Waals surface area contributed by atoms with Crippen LogP contribution in [0.1, 0.15) is 5.56 Å². The molecule has 1 unspecified atom stereocenters. The summed E-state index contributed by atoms with van der Waals surface area (Å²) in [5.41, 5.74) is 14.4. The molecule has 0 radical (unpaired) electrons. The van der Waals surface area contributed by atoms with Crippen LogP contribution < -0.4 is 21.7 Å². The van der Waals surface area contributed by atoms with E-state index in [1.165, 1.54) is 5.69 Å². The van der Waals surface area contributed by atoms with Crippen LogP contribution in [0, 0.1) is 0 Å². The molecule has 1 atom stereocenters. The van der Waals surface area contributed by atoms with Crippen molar-refractivity contribution in [3.8, 4) is 0 Å². The molecule has 1 aromatic carbocycles. The largest absolute Gasteiger partial charge is 0.384 e. The second kappa shape index (κ2) is 5.98. The van der Waals surface area contributed by atoms with E-state index in [0.717, 1.165) is 31.7 Å². The highest BCUT2D eigenvalue weighted by molar-refractivity contribution is 5.92. The van der Waals surface area contributed by atoms with Crippen LogP contribution >= 0.6 is 0 Å². The van der Waals surface area contributed by atoms with Crippen LogP contribution in [0.15, 0.2) is 41.5 Å². The quantitative estimate of drug-likeness (QED) is 0.736. The average Bonchev–Trinajstić information content (AvgIpc) is 2.48. The highest BCUT2D eigenvalue weighted by Crippen LogP contribution is 2.19. The molecule has 22 heavy (non-hydrogen) atoms. The SMILES string of the molecule is CN1CCN(c2ccc(CC3(N)N=C(N)C=CN3)cc2)CC1. The van der Waals surface area contributed by atoms with Crippen molar-refractivity contribution in [1.82, 2.24) is 10.2 Å². The third-order valence-electron chi connectivity index (χ3n) is 4.19. The van der Waals surface area contributed by atoms with E-state index in [-0.39, 0.29) is 0 Å². The van der Waals surface area contributed by atoms with Gasteiger partial charge in [-0.15, -0.1) is 0 Å². The number of rotatable bonds is 3. The normalized spacial score (nSPS) is 25.7. The first kappa shape index (κ1) is 14.9. The molecule has 1 aromatic rings. The van der Waals surface area contributed by atoms with E-state index in [9.17, 15) is 0 Å². The first-order chi connectivity index (χ1) is 10.5. The van der Waals surface area contributed by atoms with Crippen molar-refractivity contribution in [2.75, 3.05) is 38.1 Å². The minimum absolute atomic E-state index is 0.454. The Bertz CT molecular complexity index is 571. The van der Waals surface area contributed by atoms with Gasteiger partial charge in [0.2, 0.25) is 0 Å². The molecule has 2 heterocycles. The molecular formula is C16H24N6. The Morgan fingerprint density at radius 3 is 2.50 bits per heavy atom. The molecule has 0 saturated carbocycles. The fourth-order valence-electron chi connectivity index (χ4n) is 2.86. The molecule has 6 heteroatoms. The summed E-state index contributed by atoms with van der Waals surface area (Å²) < 4.78 is 0. The molecule has 6 nitrogen and oxygen atoms in total. The van der Waals surface area contributed by atoms with Crippen LogP contribution in [0.2, 0.25) is 0 Å². The number of benzene rings is 1. The number of nitrogens with two attached hydrogens (primary N) is 2. The molecule has 118 valence electrons. The van der Waals surface area contributed by atoms with Crippen LogP contribution in [0.4, 0.5) is 5.69 Å². The van der Waals surface area contributed by atoms with E-state index < -0.39 is 5.79 Å². The third-order valence-corrected chi connectivity index (χ3v) is 4.19. The van der Waals surface area contributed by atoms with Gasteiger partial charge in [-0.25, -0.2) is 4.99 Å². The monoisotopic (exact) mass is 300 g/mol.